The second-order valence-corrected chi connectivity index (χ2v) is 7.82. The first-order valence-electron chi connectivity index (χ1n) is 8.89. The number of nitrogens with zero attached hydrogens (tertiary/aromatic N) is 3. The molecule has 0 saturated carbocycles. The second-order valence-electron chi connectivity index (χ2n) is 6.81. The molecule has 1 aromatic carbocycles. The largest absolute Gasteiger partial charge is 0.330 e. The highest BCUT2D eigenvalue weighted by atomic mass is 32.1. The first-order chi connectivity index (χ1) is 12.5. The number of anilines is 1. The maximum Gasteiger partial charge on any atom is 0.270 e. The van der Waals surface area contributed by atoms with Gasteiger partial charge in [0.15, 0.2) is 0 Å². The molecular weight excluding hydrogens is 346 g/mol. The first-order valence-corrected chi connectivity index (χ1v) is 9.77. The standard InChI is InChI=1S/C20H21N3O2S/c1-13-4-3-5-15(12-13)23-19(24)7-6-17(21-23)20(25)22-10-8-18-16(14(22)2)9-11-26-18/h3-5,9,11-12,14H,6-8,10H2,1-2H3. The van der Waals surface area contributed by atoms with Crippen molar-refractivity contribution in [3.8, 4) is 0 Å². The van der Waals surface area contributed by atoms with E-state index >= 15 is 0 Å². The third-order valence-corrected chi connectivity index (χ3v) is 6.06. The Bertz CT molecular complexity index is 902. The van der Waals surface area contributed by atoms with Crippen LogP contribution in [0.1, 0.15) is 41.8 Å². The topological polar surface area (TPSA) is 53.0 Å². The minimum Gasteiger partial charge on any atom is -0.330 e. The van der Waals surface area contributed by atoms with Crippen LogP contribution in [0, 0.1) is 6.92 Å². The molecule has 1 atom stereocenters. The maximum atomic E-state index is 13.1. The minimum atomic E-state index is -0.0704. The van der Waals surface area contributed by atoms with Crippen molar-refractivity contribution in [3.63, 3.8) is 0 Å². The smallest absolute Gasteiger partial charge is 0.270 e. The van der Waals surface area contributed by atoms with E-state index in [0.717, 1.165) is 12.0 Å². The molecule has 0 fully saturated rings. The highest BCUT2D eigenvalue weighted by Crippen LogP contribution is 2.33. The van der Waals surface area contributed by atoms with Crippen LogP contribution in [0.25, 0.3) is 0 Å². The normalized spacial score (nSPS) is 20.0. The maximum absolute atomic E-state index is 13.1. The van der Waals surface area contributed by atoms with Crippen LogP contribution in [0.4, 0.5) is 5.69 Å². The number of hydrogen-bond donors (Lipinski definition) is 0. The van der Waals surface area contributed by atoms with Gasteiger partial charge in [0, 0.05) is 24.3 Å². The molecule has 0 bridgehead atoms. The number of fused-ring (bicyclic) bond motifs is 1. The summed E-state index contributed by atoms with van der Waals surface area (Å²) in [6, 6.07) is 9.79. The summed E-state index contributed by atoms with van der Waals surface area (Å²) in [7, 11) is 0. The van der Waals surface area contributed by atoms with Crippen molar-refractivity contribution in [1.29, 1.82) is 0 Å². The Morgan fingerprint density at radius 2 is 2.08 bits per heavy atom. The molecule has 0 N–H and O–H groups in total. The lowest BCUT2D eigenvalue weighted by Gasteiger charge is -2.35. The number of hydrogen-bond acceptors (Lipinski definition) is 4. The average Bonchev–Trinajstić information content (AvgIpc) is 3.11. The van der Waals surface area contributed by atoms with E-state index in [1.165, 1.54) is 15.4 Å². The number of amides is 2. The number of rotatable bonds is 2. The summed E-state index contributed by atoms with van der Waals surface area (Å²) in [5, 5.41) is 7.91. The van der Waals surface area contributed by atoms with Crippen LogP contribution in [0.5, 0.6) is 0 Å². The van der Waals surface area contributed by atoms with E-state index in [2.05, 4.69) is 23.5 Å². The van der Waals surface area contributed by atoms with E-state index in [1.807, 2.05) is 36.1 Å². The van der Waals surface area contributed by atoms with Crippen LogP contribution < -0.4 is 5.01 Å². The molecule has 26 heavy (non-hydrogen) atoms. The fourth-order valence-electron chi connectivity index (χ4n) is 3.62. The Balaban J connectivity index is 1.62. The van der Waals surface area contributed by atoms with E-state index in [-0.39, 0.29) is 17.9 Å². The Kier molecular flexibility index (Phi) is 4.36. The summed E-state index contributed by atoms with van der Waals surface area (Å²) in [5.41, 5.74) is 3.47. The summed E-state index contributed by atoms with van der Waals surface area (Å²) < 4.78 is 0. The van der Waals surface area contributed by atoms with Gasteiger partial charge in [-0.15, -0.1) is 11.3 Å². The Morgan fingerprint density at radius 1 is 1.23 bits per heavy atom. The lowest BCUT2D eigenvalue weighted by molar-refractivity contribution is -0.126. The quantitative estimate of drug-likeness (QED) is 0.813. The SMILES string of the molecule is Cc1cccc(N2N=C(C(=O)N3CCc4sccc4C3C)CCC2=O)c1. The number of benzene rings is 1. The average molecular weight is 367 g/mol. The van der Waals surface area contributed by atoms with Crippen LogP contribution in [0.3, 0.4) is 0 Å². The molecule has 6 heteroatoms. The molecule has 2 amide bonds. The van der Waals surface area contributed by atoms with Crippen molar-refractivity contribution < 1.29 is 9.59 Å². The zero-order chi connectivity index (χ0) is 18.3. The van der Waals surface area contributed by atoms with Crippen molar-refractivity contribution >= 4 is 34.6 Å². The summed E-state index contributed by atoms with van der Waals surface area (Å²) in [5.74, 6) is -0.126. The molecule has 0 spiro atoms. The van der Waals surface area contributed by atoms with Gasteiger partial charge < -0.3 is 4.90 Å². The second kappa shape index (κ2) is 6.68. The molecule has 2 aliphatic heterocycles. The van der Waals surface area contributed by atoms with Crippen LogP contribution in [-0.4, -0.2) is 29.0 Å². The van der Waals surface area contributed by atoms with Crippen molar-refractivity contribution in [1.82, 2.24) is 4.90 Å². The fourth-order valence-corrected chi connectivity index (χ4v) is 4.58. The monoisotopic (exact) mass is 367 g/mol. The van der Waals surface area contributed by atoms with Gasteiger partial charge in [0.2, 0.25) is 5.91 Å². The molecule has 0 saturated heterocycles. The number of carbonyl (C=O) groups is 2. The highest BCUT2D eigenvalue weighted by molar-refractivity contribution is 7.10. The third kappa shape index (κ3) is 2.94. The van der Waals surface area contributed by atoms with E-state index in [1.54, 1.807) is 11.3 Å². The van der Waals surface area contributed by atoms with Gasteiger partial charge in [-0.05, 0) is 55.0 Å². The molecular formula is C20H21N3O2S. The number of thiophene rings is 1. The predicted octanol–water partition coefficient (Wildman–Crippen LogP) is 3.69. The minimum absolute atomic E-state index is 0.0465. The summed E-state index contributed by atoms with van der Waals surface area (Å²) in [6.45, 7) is 4.74. The lowest BCUT2D eigenvalue weighted by atomic mass is 10.00. The molecule has 3 heterocycles. The van der Waals surface area contributed by atoms with Crippen LogP contribution in [-0.2, 0) is 16.0 Å². The summed E-state index contributed by atoms with van der Waals surface area (Å²) in [6.07, 6.45) is 1.60. The van der Waals surface area contributed by atoms with Crippen molar-refractivity contribution in [2.45, 2.75) is 39.2 Å². The van der Waals surface area contributed by atoms with Crippen molar-refractivity contribution in [2.75, 3.05) is 11.6 Å². The van der Waals surface area contributed by atoms with Gasteiger partial charge in [-0.2, -0.15) is 5.10 Å². The molecule has 134 valence electrons. The molecule has 2 aliphatic rings. The van der Waals surface area contributed by atoms with Crippen LogP contribution in [0.2, 0.25) is 0 Å². The van der Waals surface area contributed by atoms with Gasteiger partial charge in [0.25, 0.3) is 5.91 Å². The van der Waals surface area contributed by atoms with Crippen LogP contribution >= 0.6 is 11.3 Å². The summed E-state index contributed by atoms with van der Waals surface area (Å²) in [4.78, 5) is 28.7. The zero-order valence-electron chi connectivity index (χ0n) is 14.9. The summed E-state index contributed by atoms with van der Waals surface area (Å²) >= 11 is 1.76. The number of aryl methyl sites for hydroxylation is 1. The van der Waals surface area contributed by atoms with Gasteiger partial charge in [0.05, 0.1) is 11.7 Å². The molecule has 5 nitrogen and oxygen atoms in total. The van der Waals surface area contributed by atoms with E-state index in [9.17, 15) is 9.59 Å². The van der Waals surface area contributed by atoms with Crippen molar-refractivity contribution in [3.05, 3.63) is 51.7 Å². The van der Waals surface area contributed by atoms with E-state index in [4.69, 9.17) is 0 Å². The van der Waals surface area contributed by atoms with E-state index in [0.29, 0.717) is 30.8 Å². The van der Waals surface area contributed by atoms with Crippen LogP contribution in [0.15, 0.2) is 40.8 Å². The fraction of sp³-hybridized carbons (Fsp3) is 0.350. The highest BCUT2D eigenvalue weighted by Gasteiger charge is 2.33. The Morgan fingerprint density at radius 3 is 2.88 bits per heavy atom. The van der Waals surface area contributed by atoms with Crippen molar-refractivity contribution in [2.24, 2.45) is 5.10 Å². The predicted molar refractivity (Wildman–Crippen MR) is 103 cm³/mol. The number of carbonyl (C=O) groups excluding carboxylic acids is 2. The molecule has 2 aromatic rings. The van der Waals surface area contributed by atoms with E-state index < -0.39 is 0 Å². The third-order valence-electron chi connectivity index (χ3n) is 5.06. The van der Waals surface area contributed by atoms with Gasteiger partial charge in [-0.3, -0.25) is 9.59 Å². The van der Waals surface area contributed by atoms with Gasteiger partial charge in [-0.25, -0.2) is 5.01 Å². The molecule has 1 aromatic heterocycles. The first kappa shape index (κ1) is 17.0. The zero-order valence-corrected chi connectivity index (χ0v) is 15.8. The Labute approximate surface area is 156 Å². The molecule has 0 aliphatic carbocycles. The number of hydrazone groups is 1. The van der Waals surface area contributed by atoms with Gasteiger partial charge >= 0.3 is 0 Å². The van der Waals surface area contributed by atoms with Gasteiger partial charge in [-0.1, -0.05) is 12.1 Å². The molecule has 1 unspecified atom stereocenters. The molecule has 4 rings (SSSR count). The van der Waals surface area contributed by atoms with Gasteiger partial charge in [0.1, 0.15) is 5.71 Å². The lowest BCUT2D eigenvalue weighted by Crippen LogP contribution is -2.45. The molecule has 0 radical (unpaired) electrons. The Hall–Kier alpha value is -2.47.